The first-order valence-corrected chi connectivity index (χ1v) is 5.40. The van der Waals surface area contributed by atoms with Crippen LogP contribution in [-0.4, -0.2) is 18.9 Å². The number of carbonyl (C=O) groups is 1. The molecule has 1 heterocycles. The summed E-state index contributed by atoms with van der Waals surface area (Å²) in [5.74, 6) is -0.185. The van der Waals surface area contributed by atoms with Crippen LogP contribution >= 0.6 is 0 Å². The first kappa shape index (κ1) is 12.1. The minimum absolute atomic E-state index is 0.0799. The molecule has 0 saturated carbocycles. The molecule has 0 bridgehead atoms. The van der Waals surface area contributed by atoms with Gasteiger partial charge in [0, 0.05) is 18.0 Å². The van der Waals surface area contributed by atoms with Gasteiger partial charge in [-0.05, 0) is 25.1 Å². The maximum absolute atomic E-state index is 12.3. The lowest BCUT2D eigenvalue weighted by Gasteiger charge is -2.09. The topological polar surface area (TPSA) is 29.1 Å². The van der Waals surface area contributed by atoms with Gasteiger partial charge >= 0.3 is 6.18 Å². The van der Waals surface area contributed by atoms with Crippen molar-refractivity contribution in [2.45, 2.75) is 12.6 Å². The van der Waals surface area contributed by atoms with E-state index >= 15 is 0 Å². The van der Waals surface area contributed by atoms with Gasteiger partial charge in [-0.15, -0.1) is 0 Å². The highest BCUT2D eigenvalue weighted by atomic mass is 19.4. The first-order chi connectivity index (χ1) is 7.98. The van der Waals surface area contributed by atoms with Gasteiger partial charge in [-0.1, -0.05) is 12.1 Å². The fourth-order valence-electron chi connectivity index (χ4n) is 1.94. The summed E-state index contributed by atoms with van der Waals surface area (Å²) in [6.45, 7) is 1.40. The Morgan fingerprint density at radius 2 is 1.88 bits per heavy atom. The monoisotopic (exact) mass is 243 g/mol. The van der Waals surface area contributed by atoms with E-state index in [2.05, 4.69) is 5.32 Å². The summed E-state index contributed by atoms with van der Waals surface area (Å²) in [7, 11) is 0. The van der Waals surface area contributed by atoms with Crippen LogP contribution in [0.15, 0.2) is 24.3 Å². The highest BCUT2D eigenvalue weighted by molar-refractivity contribution is 5.98. The summed E-state index contributed by atoms with van der Waals surface area (Å²) in [5.41, 5.74) is -0.370. The Labute approximate surface area is 96.8 Å². The van der Waals surface area contributed by atoms with Crippen molar-refractivity contribution in [3.05, 3.63) is 35.4 Å². The van der Waals surface area contributed by atoms with Crippen LogP contribution in [0.5, 0.6) is 0 Å². The molecule has 0 radical (unpaired) electrons. The number of halogens is 3. The molecule has 1 atom stereocenters. The number of benzene rings is 1. The van der Waals surface area contributed by atoms with Crippen molar-refractivity contribution in [2.75, 3.05) is 13.1 Å². The Morgan fingerprint density at radius 1 is 1.24 bits per heavy atom. The first-order valence-electron chi connectivity index (χ1n) is 5.40. The van der Waals surface area contributed by atoms with Crippen LogP contribution in [0.2, 0.25) is 0 Å². The van der Waals surface area contributed by atoms with E-state index in [0.717, 1.165) is 25.1 Å². The Morgan fingerprint density at radius 3 is 2.35 bits per heavy atom. The van der Waals surface area contributed by atoms with Crippen molar-refractivity contribution in [1.82, 2.24) is 5.32 Å². The van der Waals surface area contributed by atoms with Crippen molar-refractivity contribution in [3.8, 4) is 0 Å². The molecule has 0 amide bonds. The lowest BCUT2D eigenvalue weighted by atomic mass is 9.96. The van der Waals surface area contributed by atoms with E-state index in [0.29, 0.717) is 12.1 Å². The summed E-state index contributed by atoms with van der Waals surface area (Å²) < 4.78 is 37.0. The van der Waals surface area contributed by atoms with Crippen molar-refractivity contribution >= 4 is 5.78 Å². The summed E-state index contributed by atoms with van der Waals surface area (Å²) in [4.78, 5) is 11.9. The Balaban J connectivity index is 2.15. The van der Waals surface area contributed by atoms with Gasteiger partial charge in [0.15, 0.2) is 5.78 Å². The molecule has 0 spiro atoms. The molecule has 2 nitrogen and oxygen atoms in total. The molecule has 1 aliphatic rings. The van der Waals surface area contributed by atoms with E-state index < -0.39 is 11.7 Å². The van der Waals surface area contributed by atoms with Crippen molar-refractivity contribution in [3.63, 3.8) is 0 Å². The Hall–Kier alpha value is -1.36. The largest absolute Gasteiger partial charge is 0.416 e. The molecule has 1 fully saturated rings. The molecule has 1 N–H and O–H groups in total. The molecular weight excluding hydrogens is 231 g/mol. The number of carbonyl (C=O) groups excluding carboxylic acids is 1. The zero-order valence-electron chi connectivity index (χ0n) is 9.05. The fourth-order valence-corrected chi connectivity index (χ4v) is 1.94. The molecule has 0 aromatic heterocycles. The number of nitrogens with one attached hydrogen (secondary N) is 1. The van der Waals surface area contributed by atoms with Crippen LogP contribution < -0.4 is 5.32 Å². The third-order valence-electron chi connectivity index (χ3n) is 2.93. The van der Waals surface area contributed by atoms with Crippen LogP contribution in [-0.2, 0) is 6.18 Å². The van der Waals surface area contributed by atoms with Gasteiger partial charge in [-0.25, -0.2) is 0 Å². The molecule has 1 saturated heterocycles. The number of alkyl halides is 3. The van der Waals surface area contributed by atoms with Gasteiger partial charge in [0.1, 0.15) is 0 Å². The number of hydrogen-bond acceptors (Lipinski definition) is 2. The smallest absolute Gasteiger partial charge is 0.316 e. The summed E-state index contributed by atoms with van der Waals surface area (Å²) >= 11 is 0. The van der Waals surface area contributed by atoms with Crippen LogP contribution in [0.25, 0.3) is 0 Å². The fraction of sp³-hybridized carbons (Fsp3) is 0.417. The maximum Gasteiger partial charge on any atom is 0.416 e. The van der Waals surface area contributed by atoms with Crippen LogP contribution in [0, 0.1) is 5.92 Å². The van der Waals surface area contributed by atoms with Gasteiger partial charge < -0.3 is 5.32 Å². The van der Waals surface area contributed by atoms with E-state index in [9.17, 15) is 18.0 Å². The molecule has 0 aliphatic carbocycles. The number of Topliss-reactive ketones (excluding diaryl/α,β-unsaturated/α-hetero) is 1. The third-order valence-corrected chi connectivity index (χ3v) is 2.93. The normalized spacial score (nSPS) is 20.5. The molecule has 5 heteroatoms. The zero-order valence-corrected chi connectivity index (χ0v) is 9.05. The highest BCUT2D eigenvalue weighted by Crippen LogP contribution is 2.29. The zero-order chi connectivity index (χ0) is 12.5. The van der Waals surface area contributed by atoms with Gasteiger partial charge in [-0.2, -0.15) is 13.2 Å². The lowest BCUT2D eigenvalue weighted by Crippen LogP contribution is -2.18. The van der Waals surface area contributed by atoms with E-state index in [1.54, 1.807) is 0 Å². The van der Waals surface area contributed by atoms with Crippen molar-refractivity contribution < 1.29 is 18.0 Å². The second-order valence-corrected chi connectivity index (χ2v) is 4.13. The minimum atomic E-state index is -4.35. The SMILES string of the molecule is O=C(c1ccc(C(F)(F)F)cc1)C1CCNC1. The van der Waals surface area contributed by atoms with Crippen LogP contribution in [0.4, 0.5) is 13.2 Å². The van der Waals surface area contributed by atoms with Gasteiger partial charge in [0.05, 0.1) is 5.56 Å². The number of rotatable bonds is 2. The molecule has 1 aliphatic heterocycles. The predicted molar refractivity (Wildman–Crippen MR) is 56.8 cm³/mol. The Bertz CT molecular complexity index is 405. The van der Waals surface area contributed by atoms with Crippen molar-refractivity contribution in [1.29, 1.82) is 0 Å². The van der Waals surface area contributed by atoms with Gasteiger partial charge in [0.25, 0.3) is 0 Å². The highest BCUT2D eigenvalue weighted by Gasteiger charge is 2.30. The molecule has 2 rings (SSSR count). The second-order valence-electron chi connectivity index (χ2n) is 4.13. The molecule has 1 unspecified atom stereocenters. The molecule has 1 aromatic rings. The van der Waals surface area contributed by atoms with Crippen LogP contribution in [0.1, 0.15) is 22.3 Å². The standard InChI is InChI=1S/C12H12F3NO/c13-12(14,15)10-3-1-8(2-4-10)11(17)9-5-6-16-7-9/h1-4,9,16H,5-7H2. The van der Waals surface area contributed by atoms with Crippen molar-refractivity contribution in [2.24, 2.45) is 5.92 Å². The molecule has 92 valence electrons. The molecule has 1 aromatic carbocycles. The number of hydrogen-bond donors (Lipinski definition) is 1. The average molecular weight is 243 g/mol. The second kappa shape index (κ2) is 4.49. The maximum atomic E-state index is 12.3. The quantitative estimate of drug-likeness (QED) is 0.808. The lowest BCUT2D eigenvalue weighted by molar-refractivity contribution is -0.137. The van der Waals surface area contributed by atoms with E-state index in [1.807, 2.05) is 0 Å². The van der Waals surface area contributed by atoms with Crippen LogP contribution in [0.3, 0.4) is 0 Å². The Kier molecular flexibility index (Phi) is 3.19. The molecular formula is C12H12F3NO. The number of ketones is 1. The van der Waals surface area contributed by atoms with E-state index in [1.165, 1.54) is 12.1 Å². The van der Waals surface area contributed by atoms with Gasteiger partial charge in [-0.3, -0.25) is 4.79 Å². The van der Waals surface area contributed by atoms with E-state index in [-0.39, 0.29) is 11.7 Å². The predicted octanol–water partition coefficient (Wildman–Crippen LogP) is 2.50. The summed E-state index contributed by atoms with van der Waals surface area (Å²) in [6.07, 6.45) is -3.60. The minimum Gasteiger partial charge on any atom is -0.316 e. The third kappa shape index (κ3) is 2.66. The molecule has 17 heavy (non-hydrogen) atoms. The van der Waals surface area contributed by atoms with E-state index in [4.69, 9.17) is 0 Å². The summed E-state index contributed by atoms with van der Waals surface area (Å²) in [6, 6.07) is 4.41. The average Bonchev–Trinajstić information content (AvgIpc) is 2.80. The summed E-state index contributed by atoms with van der Waals surface area (Å²) in [5, 5.41) is 3.06. The van der Waals surface area contributed by atoms with Gasteiger partial charge in [0.2, 0.25) is 0 Å².